The minimum atomic E-state index is 0.375. The van der Waals surface area contributed by atoms with Crippen molar-refractivity contribution in [3.05, 3.63) is 0 Å². The van der Waals surface area contributed by atoms with E-state index < -0.39 is 0 Å². The van der Waals surface area contributed by atoms with E-state index in [-0.39, 0.29) is 0 Å². The number of carbonyl (C=O) groups is 1. The molecule has 0 spiro atoms. The molecule has 0 radical (unpaired) electrons. The predicted molar refractivity (Wildman–Crippen MR) is 44.3 cm³/mol. The lowest BCUT2D eigenvalue weighted by Crippen LogP contribution is -2.27. The third kappa shape index (κ3) is 7.33. The summed E-state index contributed by atoms with van der Waals surface area (Å²) < 4.78 is 3.86. The maximum Gasteiger partial charge on any atom is 0.292 e. The van der Waals surface area contributed by atoms with E-state index in [2.05, 4.69) is 17.0 Å². The van der Waals surface area contributed by atoms with Gasteiger partial charge in [-0.3, -0.25) is 4.79 Å². The highest BCUT2D eigenvalue weighted by Gasteiger charge is 2.04. The summed E-state index contributed by atoms with van der Waals surface area (Å²) in [5.41, 5.74) is 0. The number of hydrogen-bond acceptors (Lipinski definition) is 3. The molecule has 0 aromatic rings. The SMILES string of the molecule is CC1CCCNC1.COC=O. The van der Waals surface area contributed by atoms with Crippen LogP contribution in [0.4, 0.5) is 0 Å². The Hall–Kier alpha value is -0.570. The highest BCUT2D eigenvalue weighted by Crippen LogP contribution is 2.06. The van der Waals surface area contributed by atoms with Crippen LogP contribution in [0.15, 0.2) is 0 Å². The van der Waals surface area contributed by atoms with Crippen LogP contribution < -0.4 is 5.32 Å². The van der Waals surface area contributed by atoms with Gasteiger partial charge in [0.2, 0.25) is 0 Å². The lowest BCUT2D eigenvalue weighted by Gasteiger charge is -2.17. The molecule has 1 fully saturated rings. The Morgan fingerprint density at radius 3 is 2.45 bits per heavy atom. The van der Waals surface area contributed by atoms with Gasteiger partial charge in [0.15, 0.2) is 0 Å². The fourth-order valence-electron chi connectivity index (χ4n) is 1.03. The van der Waals surface area contributed by atoms with E-state index in [1.807, 2.05) is 0 Å². The maximum absolute atomic E-state index is 8.95. The van der Waals surface area contributed by atoms with Crippen molar-refractivity contribution in [2.45, 2.75) is 19.8 Å². The van der Waals surface area contributed by atoms with Crippen LogP contribution in [-0.2, 0) is 9.53 Å². The molecule has 1 aliphatic rings. The third-order valence-corrected chi connectivity index (χ3v) is 1.64. The number of piperidine rings is 1. The van der Waals surface area contributed by atoms with Crippen LogP contribution in [-0.4, -0.2) is 26.7 Å². The van der Waals surface area contributed by atoms with Crippen LogP contribution >= 0.6 is 0 Å². The molecule has 11 heavy (non-hydrogen) atoms. The monoisotopic (exact) mass is 159 g/mol. The number of nitrogens with one attached hydrogen (secondary N) is 1. The highest BCUT2D eigenvalue weighted by molar-refractivity contribution is 5.36. The van der Waals surface area contributed by atoms with E-state index in [9.17, 15) is 0 Å². The zero-order valence-electron chi connectivity index (χ0n) is 7.30. The summed E-state index contributed by atoms with van der Waals surface area (Å²) in [6.45, 7) is 5.15. The van der Waals surface area contributed by atoms with Crippen molar-refractivity contribution in [1.29, 1.82) is 0 Å². The van der Waals surface area contributed by atoms with E-state index in [1.165, 1.54) is 33.0 Å². The fraction of sp³-hybridized carbons (Fsp3) is 0.875. The number of ether oxygens (including phenoxy) is 1. The van der Waals surface area contributed by atoms with Crippen molar-refractivity contribution in [2.24, 2.45) is 5.92 Å². The van der Waals surface area contributed by atoms with E-state index in [0.29, 0.717) is 6.47 Å². The smallest absolute Gasteiger partial charge is 0.292 e. The van der Waals surface area contributed by atoms with Gasteiger partial charge in [-0.2, -0.15) is 0 Å². The summed E-state index contributed by atoms with van der Waals surface area (Å²) in [6, 6.07) is 0. The Kier molecular flexibility index (Phi) is 7.15. The molecular formula is C8H17NO2. The molecule has 0 amide bonds. The Labute approximate surface area is 68.1 Å². The van der Waals surface area contributed by atoms with Gasteiger partial charge < -0.3 is 10.1 Å². The average Bonchev–Trinajstić information content (AvgIpc) is 2.07. The summed E-state index contributed by atoms with van der Waals surface area (Å²) in [5, 5.41) is 3.33. The second-order valence-corrected chi connectivity index (χ2v) is 2.78. The molecule has 0 aliphatic carbocycles. The molecular weight excluding hydrogens is 142 g/mol. The molecule has 0 aromatic heterocycles. The van der Waals surface area contributed by atoms with Crippen LogP contribution in [0.3, 0.4) is 0 Å². The number of rotatable bonds is 1. The van der Waals surface area contributed by atoms with Crippen LogP contribution in [0.2, 0.25) is 0 Å². The minimum absolute atomic E-state index is 0.375. The molecule has 0 saturated carbocycles. The topological polar surface area (TPSA) is 38.3 Å². The lowest BCUT2D eigenvalue weighted by molar-refractivity contribution is -0.126. The average molecular weight is 159 g/mol. The Balaban J connectivity index is 0.000000218. The first-order valence-electron chi connectivity index (χ1n) is 3.98. The number of hydrogen-bond donors (Lipinski definition) is 1. The first kappa shape index (κ1) is 10.4. The van der Waals surface area contributed by atoms with Gasteiger partial charge in [0.25, 0.3) is 6.47 Å². The summed E-state index contributed by atoms with van der Waals surface area (Å²) in [4.78, 5) is 8.95. The first-order valence-corrected chi connectivity index (χ1v) is 3.98. The minimum Gasteiger partial charge on any atom is -0.471 e. The van der Waals surface area contributed by atoms with Crippen LogP contribution in [0.1, 0.15) is 19.8 Å². The predicted octanol–water partition coefficient (Wildman–Crippen LogP) is 0.795. The molecule has 3 heteroatoms. The molecule has 1 N–H and O–H groups in total. The Bertz CT molecular complexity index is 90.1. The molecule has 1 saturated heterocycles. The largest absolute Gasteiger partial charge is 0.471 e. The molecule has 0 aromatic carbocycles. The normalized spacial score (nSPS) is 22.9. The van der Waals surface area contributed by atoms with Crippen LogP contribution in [0.25, 0.3) is 0 Å². The van der Waals surface area contributed by atoms with Crippen molar-refractivity contribution in [3.8, 4) is 0 Å². The van der Waals surface area contributed by atoms with Gasteiger partial charge >= 0.3 is 0 Å². The fourth-order valence-corrected chi connectivity index (χ4v) is 1.03. The quantitative estimate of drug-likeness (QED) is 0.575. The summed E-state index contributed by atoms with van der Waals surface area (Å²) in [6.07, 6.45) is 2.80. The van der Waals surface area contributed by atoms with Crippen LogP contribution in [0.5, 0.6) is 0 Å². The molecule has 1 heterocycles. The molecule has 3 nitrogen and oxygen atoms in total. The highest BCUT2D eigenvalue weighted by atomic mass is 16.5. The Morgan fingerprint density at radius 1 is 1.64 bits per heavy atom. The van der Waals surface area contributed by atoms with Crippen molar-refractivity contribution in [1.82, 2.24) is 5.32 Å². The van der Waals surface area contributed by atoms with Crippen LogP contribution in [0, 0.1) is 5.92 Å². The second-order valence-electron chi connectivity index (χ2n) is 2.78. The van der Waals surface area contributed by atoms with Gasteiger partial charge in [-0.05, 0) is 31.8 Å². The maximum atomic E-state index is 8.95. The van der Waals surface area contributed by atoms with E-state index in [1.54, 1.807) is 0 Å². The van der Waals surface area contributed by atoms with Gasteiger partial charge in [-0.15, -0.1) is 0 Å². The standard InChI is InChI=1S/C6H13N.C2H4O2/c1-6-3-2-4-7-5-6;1-4-2-3/h6-7H,2-5H2,1H3;2H,1H3. The molecule has 1 atom stereocenters. The van der Waals surface area contributed by atoms with Gasteiger partial charge in [-0.1, -0.05) is 6.92 Å². The molecule has 1 rings (SSSR count). The zero-order chi connectivity index (χ0) is 8.53. The van der Waals surface area contributed by atoms with E-state index >= 15 is 0 Å². The van der Waals surface area contributed by atoms with Gasteiger partial charge in [0.05, 0.1) is 7.11 Å². The second kappa shape index (κ2) is 7.54. The lowest BCUT2D eigenvalue weighted by atomic mass is 10.0. The Morgan fingerprint density at radius 2 is 2.27 bits per heavy atom. The summed E-state index contributed by atoms with van der Waals surface area (Å²) >= 11 is 0. The first-order chi connectivity index (χ1) is 5.31. The van der Waals surface area contributed by atoms with E-state index in [4.69, 9.17) is 4.79 Å². The number of carbonyl (C=O) groups excluding carboxylic acids is 1. The zero-order valence-corrected chi connectivity index (χ0v) is 7.30. The van der Waals surface area contributed by atoms with Gasteiger partial charge in [-0.25, -0.2) is 0 Å². The number of methoxy groups -OCH3 is 1. The van der Waals surface area contributed by atoms with Crippen molar-refractivity contribution in [3.63, 3.8) is 0 Å². The van der Waals surface area contributed by atoms with Crippen molar-refractivity contribution >= 4 is 6.47 Å². The molecule has 1 aliphatic heterocycles. The van der Waals surface area contributed by atoms with Crippen molar-refractivity contribution in [2.75, 3.05) is 20.2 Å². The molecule has 1 unspecified atom stereocenters. The van der Waals surface area contributed by atoms with Gasteiger partial charge in [0.1, 0.15) is 0 Å². The summed E-state index contributed by atoms with van der Waals surface area (Å²) in [5.74, 6) is 0.925. The third-order valence-electron chi connectivity index (χ3n) is 1.64. The van der Waals surface area contributed by atoms with Crippen molar-refractivity contribution < 1.29 is 9.53 Å². The molecule has 66 valence electrons. The van der Waals surface area contributed by atoms with E-state index in [0.717, 1.165) is 5.92 Å². The summed E-state index contributed by atoms with van der Waals surface area (Å²) in [7, 11) is 1.31. The molecule has 0 bridgehead atoms. The van der Waals surface area contributed by atoms with Gasteiger partial charge in [0, 0.05) is 0 Å².